The van der Waals surface area contributed by atoms with E-state index in [1.807, 2.05) is 12.1 Å². The lowest BCUT2D eigenvalue weighted by Crippen LogP contribution is -2.34. The average Bonchev–Trinajstić information content (AvgIpc) is 3.40. The molecule has 0 aliphatic carbocycles. The van der Waals surface area contributed by atoms with Gasteiger partial charge in [-0.2, -0.15) is 0 Å². The zero-order valence-corrected chi connectivity index (χ0v) is 17.4. The van der Waals surface area contributed by atoms with Crippen molar-refractivity contribution in [3.8, 4) is 5.75 Å². The van der Waals surface area contributed by atoms with Crippen molar-refractivity contribution in [3.63, 3.8) is 0 Å². The molecule has 0 unspecified atom stereocenters. The first-order valence-electron chi connectivity index (χ1n) is 9.23. The molecule has 0 N–H and O–H groups in total. The number of anilines is 1. The van der Waals surface area contributed by atoms with Crippen molar-refractivity contribution in [1.82, 2.24) is 4.98 Å². The summed E-state index contributed by atoms with van der Waals surface area (Å²) in [5.74, 6) is 1.06. The largest absolute Gasteiger partial charge is 0.484 e. The van der Waals surface area contributed by atoms with E-state index < -0.39 is 0 Å². The first-order valence-corrected chi connectivity index (χ1v) is 10.4. The van der Waals surface area contributed by atoms with Crippen LogP contribution in [-0.2, 0) is 17.8 Å². The van der Waals surface area contributed by atoms with E-state index in [0.29, 0.717) is 21.7 Å². The van der Waals surface area contributed by atoms with Gasteiger partial charge in [0.25, 0.3) is 5.91 Å². The fourth-order valence-electron chi connectivity index (χ4n) is 2.87. The molecule has 1 amide bonds. The number of carbonyl (C=O) groups is 1. The molecule has 0 aliphatic rings. The lowest BCUT2D eigenvalue weighted by molar-refractivity contribution is -0.120. The highest BCUT2D eigenvalue weighted by molar-refractivity contribution is 7.22. The summed E-state index contributed by atoms with van der Waals surface area (Å²) in [5, 5.41) is 1.23. The normalized spacial score (nSPS) is 11.0. The van der Waals surface area contributed by atoms with Crippen LogP contribution in [0.2, 0.25) is 5.02 Å². The number of nitrogens with zero attached hydrogens (tertiary/aromatic N) is 2. The molecule has 0 radical (unpaired) electrons. The number of halogens is 1. The van der Waals surface area contributed by atoms with Crippen LogP contribution in [-0.4, -0.2) is 17.5 Å². The van der Waals surface area contributed by atoms with Crippen LogP contribution >= 0.6 is 22.9 Å². The van der Waals surface area contributed by atoms with Gasteiger partial charge in [-0.3, -0.25) is 9.69 Å². The maximum absolute atomic E-state index is 13.0. The van der Waals surface area contributed by atoms with Crippen molar-refractivity contribution in [2.24, 2.45) is 0 Å². The van der Waals surface area contributed by atoms with Gasteiger partial charge in [-0.25, -0.2) is 4.98 Å². The minimum atomic E-state index is -0.203. The zero-order valence-electron chi connectivity index (χ0n) is 15.8. The Morgan fingerprint density at radius 2 is 2.03 bits per heavy atom. The maximum Gasteiger partial charge on any atom is 0.267 e. The Morgan fingerprint density at radius 3 is 2.76 bits per heavy atom. The molecular weight excluding hydrogens is 408 g/mol. The number of amides is 1. The highest BCUT2D eigenvalue weighted by atomic mass is 35.5. The third-order valence-electron chi connectivity index (χ3n) is 4.45. The Morgan fingerprint density at radius 1 is 1.21 bits per heavy atom. The van der Waals surface area contributed by atoms with Crippen LogP contribution in [0.1, 0.15) is 18.2 Å². The van der Waals surface area contributed by atoms with Crippen LogP contribution in [0.3, 0.4) is 0 Å². The number of ether oxygens (including phenoxy) is 1. The van der Waals surface area contributed by atoms with Crippen LogP contribution in [0, 0.1) is 0 Å². The van der Waals surface area contributed by atoms with Gasteiger partial charge in [0.15, 0.2) is 11.7 Å². The van der Waals surface area contributed by atoms with Crippen LogP contribution in [0.5, 0.6) is 5.75 Å². The highest BCUT2D eigenvalue weighted by Gasteiger charge is 2.22. The van der Waals surface area contributed by atoms with Gasteiger partial charge in [-0.05, 0) is 60.5 Å². The Balaban J connectivity index is 1.58. The Bertz CT molecular complexity index is 1110. The molecule has 2 heterocycles. The van der Waals surface area contributed by atoms with Crippen molar-refractivity contribution < 1.29 is 13.9 Å². The van der Waals surface area contributed by atoms with E-state index in [-0.39, 0.29) is 19.1 Å². The number of furan rings is 1. The van der Waals surface area contributed by atoms with E-state index in [1.54, 1.807) is 41.5 Å². The van der Waals surface area contributed by atoms with Crippen molar-refractivity contribution in [3.05, 3.63) is 77.2 Å². The summed E-state index contributed by atoms with van der Waals surface area (Å²) < 4.78 is 12.2. The molecule has 0 saturated carbocycles. The quantitative estimate of drug-likeness (QED) is 0.379. The molecule has 0 bridgehead atoms. The SMILES string of the molecule is CCc1ccc2nc(N(Cc3ccco3)C(=O)COc3ccc(Cl)cc3)sc2c1. The fraction of sp³-hybridized carbons (Fsp3) is 0.182. The first-order chi connectivity index (χ1) is 14.1. The van der Waals surface area contributed by atoms with Gasteiger partial charge in [0, 0.05) is 5.02 Å². The molecule has 2 aromatic carbocycles. The lowest BCUT2D eigenvalue weighted by atomic mass is 10.2. The summed E-state index contributed by atoms with van der Waals surface area (Å²) in [4.78, 5) is 19.3. The van der Waals surface area contributed by atoms with Gasteiger partial charge in [-0.1, -0.05) is 35.9 Å². The predicted molar refractivity (Wildman–Crippen MR) is 116 cm³/mol. The third kappa shape index (κ3) is 4.60. The minimum Gasteiger partial charge on any atom is -0.484 e. The topological polar surface area (TPSA) is 55.6 Å². The molecular formula is C22H19ClN2O3S. The second kappa shape index (κ2) is 8.68. The number of hydrogen-bond acceptors (Lipinski definition) is 5. The molecule has 2 aromatic heterocycles. The van der Waals surface area contributed by atoms with Crippen molar-refractivity contribution in [1.29, 1.82) is 0 Å². The number of carbonyl (C=O) groups excluding carboxylic acids is 1. The Hall–Kier alpha value is -2.83. The summed E-state index contributed by atoms with van der Waals surface area (Å²) in [6, 6.07) is 16.7. The van der Waals surface area contributed by atoms with E-state index in [9.17, 15) is 4.79 Å². The molecule has 29 heavy (non-hydrogen) atoms. The smallest absolute Gasteiger partial charge is 0.267 e. The lowest BCUT2D eigenvalue weighted by Gasteiger charge is -2.19. The summed E-state index contributed by atoms with van der Waals surface area (Å²) in [7, 11) is 0. The number of aryl methyl sites for hydroxylation is 1. The Labute approximate surface area is 177 Å². The molecule has 0 atom stereocenters. The van der Waals surface area contributed by atoms with Crippen LogP contribution in [0.4, 0.5) is 5.13 Å². The number of benzene rings is 2. The van der Waals surface area contributed by atoms with Gasteiger partial charge >= 0.3 is 0 Å². The van der Waals surface area contributed by atoms with Crippen molar-refractivity contribution >= 4 is 44.2 Å². The second-order valence-corrected chi connectivity index (χ2v) is 7.90. The molecule has 0 aliphatic heterocycles. The average molecular weight is 427 g/mol. The molecule has 0 fully saturated rings. The summed E-state index contributed by atoms with van der Waals surface area (Å²) in [6.45, 7) is 2.29. The monoisotopic (exact) mass is 426 g/mol. The van der Waals surface area contributed by atoms with Gasteiger partial charge in [-0.15, -0.1) is 0 Å². The van der Waals surface area contributed by atoms with E-state index in [1.165, 1.54) is 16.9 Å². The highest BCUT2D eigenvalue weighted by Crippen LogP contribution is 2.31. The number of aromatic nitrogens is 1. The van der Waals surface area contributed by atoms with Crippen LogP contribution in [0.15, 0.2) is 65.3 Å². The molecule has 148 valence electrons. The number of rotatable bonds is 7. The maximum atomic E-state index is 13.0. The molecule has 4 aromatic rings. The van der Waals surface area contributed by atoms with Crippen molar-refractivity contribution in [2.75, 3.05) is 11.5 Å². The van der Waals surface area contributed by atoms with Gasteiger partial charge in [0.2, 0.25) is 0 Å². The van der Waals surface area contributed by atoms with E-state index in [4.69, 9.17) is 20.8 Å². The molecule has 0 saturated heterocycles. The van der Waals surface area contributed by atoms with E-state index in [2.05, 4.69) is 24.0 Å². The van der Waals surface area contributed by atoms with Gasteiger partial charge in [0.1, 0.15) is 11.5 Å². The van der Waals surface area contributed by atoms with E-state index in [0.717, 1.165) is 16.6 Å². The number of hydrogen-bond donors (Lipinski definition) is 0. The standard InChI is InChI=1S/C22H19ClN2O3S/c1-2-15-5-10-19-20(12-15)29-22(24-19)25(13-18-4-3-11-27-18)21(26)14-28-17-8-6-16(23)7-9-17/h3-12H,2,13-14H2,1H3. The molecule has 5 nitrogen and oxygen atoms in total. The number of fused-ring (bicyclic) bond motifs is 1. The van der Waals surface area contributed by atoms with Gasteiger partial charge < -0.3 is 9.15 Å². The molecule has 0 spiro atoms. The Kier molecular flexibility index (Phi) is 5.83. The van der Waals surface area contributed by atoms with Crippen LogP contribution in [0.25, 0.3) is 10.2 Å². The fourth-order valence-corrected chi connectivity index (χ4v) is 4.04. The molecule has 4 rings (SSSR count). The second-order valence-electron chi connectivity index (χ2n) is 6.45. The van der Waals surface area contributed by atoms with Crippen molar-refractivity contribution in [2.45, 2.75) is 19.9 Å². The predicted octanol–water partition coefficient (Wildman–Crippen LogP) is 5.72. The minimum absolute atomic E-state index is 0.113. The van der Waals surface area contributed by atoms with Crippen LogP contribution < -0.4 is 9.64 Å². The summed E-state index contributed by atoms with van der Waals surface area (Å²) >= 11 is 7.38. The third-order valence-corrected chi connectivity index (χ3v) is 5.74. The number of thiazole rings is 1. The zero-order chi connectivity index (χ0) is 20.2. The first kappa shape index (κ1) is 19.5. The van der Waals surface area contributed by atoms with E-state index >= 15 is 0 Å². The van der Waals surface area contributed by atoms with Gasteiger partial charge in [0.05, 0.1) is 23.0 Å². The summed E-state index contributed by atoms with van der Waals surface area (Å²) in [6.07, 6.45) is 2.54. The molecule has 7 heteroatoms. The summed E-state index contributed by atoms with van der Waals surface area (Å²) in [5.41, 5.74) is 2.11.